The molecule has 0 saturated heterocycles. The van der Waals surface area contributed by atoms with Crippen LogP contribution in [0.3, 0.4) is 0 Å². The molecule has 0 aliphatic heterocycles. The predicted octanol–water partition coefficient (Wildman–Crippen LogP) is 5.75. The van der Waals surface area contributed by atoms with Gasteiger partial charge in [0.15, 0.2) is 0 Å². The van der Waals surface area contributed by atoms with Gasteiger partial charge in [-0.05, 0) is 49.1 Å². The molecule has 0 radical (unpaired) electrons. The van der Waals surface area contributed by atoms with Crippen LogP contribution in [0.15, 0.2) is 47.5 Å². The molecule has 332 valence electrons. The number of rotatable bonds is 38. The van der Waals surface area contributed by atoms with Crippen molar-refractivity contribution in [1.29, 1.82) is 0 Å². The predicted molar refractivity (Wildman–Crippen MR) is 223 cm³/mol. The Morgan fingerprint density at radius 1 is 0.593 bits per heavy atom. The maximum Gasteiger partial charge on any atom is 0.329 e. The van der Waals surface area contributed by atoms with E-state index < -0.39 is 27.9 Å². The van der Waals surface area contributed by atoms with Gasteiger partial charge in [0.1, 0.15) is 19.0 Å². The number of benzene rings is 1. The Kier molecular flexibility index (Phi) is 28.2. The van der Waals surface area contributed by atoms with Gasteiger partial charge in [-0.3, -0.25) is 19.1 Å². The molecule has 1 aromatic carbocycles. The molecule has 0 bridgehead atoms. The number of carboxylic acids is 2. The molecule has 2 aromatic rings. The summed E-state index contributed by atoms with van der Waals surface area (Å²) < 4.78 is 49.4. The number of anilines is 1. The van der Waals surface area contributed by atoms with Crippen molar-refractivity contribution in [1.82, 2.24) is 15.6 Å². The number of nitrogens with zero attached hydrogens (tertiary/aromatic N) is 1. The van der Waals surface area contributed by atoms with Crippen LogP contribution in [0.1, 0.15) is 119 Å². The molecule has 0 unspecified atom stereocenters. The summed E-state index contributed by atoms with van der Waals surface area (Å²) in [6.45, 7) is 1.17. The van der Waals surface area contributed by atoms with Crippen LogP contribution < -0.4 is 15.4 Å². The molecular formula is C42H66N4O12S. The van der Waals surface area contributed by atoms with Gasteiger partial charge in [-0.1, -0.05) is 95.6 Å². The molecule has 59 heavy (non-hydrogen) atoms. The van der Waals surface area contributed by atoms with Crippen molar-refractivity contribution in [3.63, 3.8) is 0 Å². The standard InChI is InChI=1S/C42H66N4O12S/c47-39(43-23-25-55-28-30-58-34-41(50)51)33-57-29-27-56-26-24-44-42(52)36-21-22-38(45-32-36)46-59(53,54)37-19-16-18-35(31-37)17-14-12-10-8-6-4-2-1-3-5-7-9-11-13-15-20-40(48)49/h16,18-19,21-22,31-32H,1-15,17,20,23-30,33-34H2,(H,43,47)(H,44,52)(H,45,46)(H,48,49)(H,50,51). The fraction of sp³-hybridized carbons (Fsp3) is 0.643. The van der Waals surface area contributed by atoms with Crippen LogP contribution in [0.2, 0.25) is 0 Å². The quantitative estimate of drug-likeness (QED) is 0.0508. The number of ether oxygens (including phenoxy) is 4. The van der Waals surface area contributed by atoms with E-state index in [1.54, 1.807) is 18.2 Å². The maximum atomic E-state index is 13.1. The number of pyridine rings is 1. The molecular weight excluding hydrogens is 785 g/mol. The number of sulfonamides is 1. The summed E-state index contributed by atoms with van der Waals surface area (Å²) in [5, 5.41) is 22.5. The number of hydrogen-bond donors (Lipinski definition) is 5. The average Bonchev–Trinajstić information content (AvgIpc) is 3.21. The zero-order valence-electron chi connectivity index (χ0n) is 34.5. The van der Waals surface area contributed by atoms with Crippen molar-refractivity contribution in [2.45, 2.75) is 114 Å². The van der Waals surface area contributed by atoms with Crippen LogP contribution in [0.25, 0.3) is 0 Å². The monoisotopic (exact) mass is 850 g/mol. The Hall–Kier alpha value is -4.16. The molecule has 16 nitrogen and oxygen atoms in total. The Morgan fingerprint density at radius 2 is 1.14 bits per heavy atom. The molecule has 2 amide bonds. The molecule has 0 spiro atoms. The molecule has 0 atom stereocenters. The van der Waals surface area contributed by atoms with Crippen molar-refractivity contribution in [3.05, 3.63) is 53.7 Å². The summed E-state index contributed by atoms with van der Waals surface area (Å²) in [6.07, 6.45) is 19.9. The Morgan fingerprint density at radius 3 is 1.69 bits per heavy atom. The molecule has 5 N–H and O–H groups in total. The molecule has 0 aliphatic rings. The highest BCUT2D eigenvalue weighted by Crippen LogP contribution is 2.19. The van der Waals surface area contributed by atoms with Gasteiger partial charge >= 0.3 is 11.9 Å². The highest BCUT2D eigenvalue weighted by molar-refractivity contribution is 7.92. The van der Waals surface area contributed by atoms with Gasteiger partial charge in [0.05, 0.1) is 50.1 Å². The first-order chi connectivity index (χ1) is 28.6. The lowest BCUT2D eigenvalue weighted by Gasteiger charge is -2.10. The van der Waals surface area contributed by atoms with E-state index in [-0.39, 0.29) is 94.5 Å². The minimum Gasteiger partial charge on any atom is -0.481 e. The van der Waals surface area contributed by atoms with Crippen LogP contribution >= 0.6 is 0 Å². The molecule has 0 fully saturated rings. The second-order valence-electron chi connectivity index (χ2n) is 14.2. The molecule has 0 aliphatic carbocycles. The summed E-state index contributed by atoms with van der Waals surface area (Å²) in [6, 6.07) is 9.86. The van der Waals surface area contributed by atoms with E-state index >= 15 is 0 Å². The van der Waals surface area contributed by atoms with Gasteiger partial charge < -0.3 is 39.8 Å². The summed E-state index contributed by atoms with van der Waals surface area (Å²) in [5.41, 5.74) is 1.22. The topological polar surface area (TPSA) is 229 Å². The minimum atomic E-state index is -3.88. The lowest BCUT2D eigenvalue weighted by atomic mass is 10.0. The second-order valence-corrected chi connectivity index (χ2v) is 15.9. The largest absolute Gasteiger partial charge is 0.481 e. The third kappa shape index (κ3) is 27.3. The first kappa shape index (κ1) is 51.0. The normalized spacial score (nSPS) is 11.3. The van der Waals surface area contributed by atoms with Crippen LogP contribution in [-0.2, 0) is 49.8 Å². The zero-order valence-corrected chi connectivity index (χ0v) is 35.3. The summed E-state index contributed by atoms with van der Waals surface area (Å²) in [5.74, 6) is -2.37. The minimum absolute atomic E-state index is 0.0964. The van der Waals surface area contributed by atoms with Gasteiger partial charge in [0.2, 0.25) is 5.91 Å². The lowest BCUT2D eigenvalue weighted by Crippen LogP contribution is -2.31. The van der Waals surface area contributed by atoms with Crippen molar-refractivity contribution >= 4 is 39.6 Å². The third-order valence-corrected chi connectivity index (χ3v) is 10.5. The fourth-order valence-electron chi connectivity index (χ4n) is 5.97. The van der Waals surface area contributed by atoms with Crippen LogP contribution in [0, 0.1) is 0 Å². The van der Waals surface area contributed by atoms with Gasteiger partial charge in [-0.25, -0.2) is 18.2 Å². The Bertz CT molecular complexity index is 1580. The van der Waals surface area contributed by atoms with Crippen molar-refractivity contribution in [3.8, 4) is 0 Å². The van der Waals surface area contributed by atoms with E-state index in [1.165, 1.54) is 82.5 Å². The number of carboxylic acid groups (broad SMARTS) is 2. The third-order valence-electron chi connectivity index (χ3n) is 9.13. The lowest BCUT2D eigenvalue weighted by molar-refractivity contribution is -0.143. The van der Waals surface area contributed by atoms with Gasteiger partial charge in [-0.2, -0.15) is 0 Å². The van der Waals surface area contributed by atoms with Gasteiger partial charge in [0.25, 0.3) is 15.9 Å². The molecule has 2 rings (SSSR count). The number of unbranched alkanes of at least 4 members (excludes halogenated alkanes) is 14. The van der Waals surface area contributed by atoms with E-state index in [1.807, 2.05) is 6.07 Å². The van der Waals surface area contributed by atoms with E-state index in [2.05, 4.69) is 20.3 Å². The van der Waals surface area contributed by atoms with Crippen LogP contribution in [0.4, 0.5) is 5.82 Å². The van der Waals surface area contributed by atoms with Crippen molar-refractivity contribution in [2.75, 3.05) is 70.7 Å². The number of amides is 2. The maximum absolute atomic E-state index is 13.1. The van der Waals surface area contributed by atoms with Crippen molar-refractivity contribution in [2.24, 2.45) is 0 Å². The smallest absolute Gasteiger partial charge is 0.329 e. The molecule has 17 heteroatoms. The number of aryl methyl sites for hydroxylation is 1. The van der Waals surface area contributed by atoms with Gasteiger partial charge in [0, 0.05) is 25.7 Å². The number of carbonyl (C=O) groups excluding carboxylic acids is 2. The van der Waals surface area contributed by atoms with Gasteiger partial charge in [-0.15, -0.1) is 0 Å². The SMILES string of the molecule is O=C(O)CCCCCCCCCCCCCCCCCc1cccc(S(=O)(=O)Nc2ccc(C(=O)NCCOCCOCC(=O)NCCOCCOCC(=O)O)cn2)c1. The summed E-state index contributed by atoms with van der Waals surface area (Å²) in [7, 11) is -3.88. The summed E-state index contributed by atoms with van der Waals surface area (Å²) in [4.78, 5) is 49.4. The molecule has 1 heterocycles. The van der Waals surface area contributed by atoms with Crippen molar-refractivity contribution < 1.29 is 56.8 Å². The Labute approximate surface area is 349 Å². The molecule has 1 aromatic heterocycles. The number of aliphatic carboxylic acids is 2. The van der Waals surface area contributed by atoms with E-state index in [4.69, 9.17) is 29.2 Å². The first-order valence-electron chi connectivity index (χ1n) is 20.9. The number of aromatic nitrogens is 1. The van der Waals surface area contributed by atoms with E-state index in [0.29, 0.717) is 0 Å². The number of nitrogens with one attached hydrogen (secondary N) is 3. The Balaban J connectivity index is 1.50. The highest BCUT2D eigenvalue weighted by Gasteiger charge is 2.16. The number of hydrogen-bond acceptors (Lipinski definition) is 11. The first-order valence-corrected chi connectivity index (χ1v) is 22.4. The average molecular weight is 851 g/mol. The second kappa shape index (κ2) is 32.7. The van der Waals surface area contributed by atoms with Crippen LogP contribution in [-0.4, -0.2) is 113 Å². The fourth-order valence-corrected chi connectivity index (χ4v) is 7.05. The van der Waals surface area contributed by atoms with Crippen LogP contribution in [0.5, 0.6) is 0 Å². The molecule has 0 saturated carbocycles. The van der Waals surface area contributed by atoms with E-state index in [9.17, 15) is 27.6 Å². The highest BCUT2D eigenvalue weighted by atomic mass is 32.2. The summed E-state index contributed by atoms with van der Waals surface area (Å²) >= 11 is 0. The number of carbonyl (C=O) groups is 4. The zero-order chi connectivity index (χ0) is 42.8. The van der Waals surface area contributed by atoms with E-state index in [0.717, 1.165) is 44.1 Å².